The topological polar surface area (TPSA) is 41.5 Å². The summed E-state index contributed by atoms with van der Waals surface area (Å²) in [5, 5.41) is 4.09. The van der Waals surface area contributed by atoms with Crippen molar-refractivity contribution in [3.63, 3.8) is 0 Å². The molecule has 1 aliphatic heterocycles. The molecule has 1 unspecified atom stereocenters. The summed E-state index contributed by atoms with van der Waals surface area (Å²) in [7, 11) is 0. The van der Waals surface area contributed by atoms with E-state index in [0.29, 0.717) is 5.92 Å². The Bertz CT molecular complexity index is 184. The third-order valence-electron chi connectivity index (χ3n) is 2.02. The average Bonchev–Trinajstić information content (AvgIpc) is 2.70. The minimum absolute atomic E-state index is 0.0319. The van der Waals surface area contributed by atoms with Crippen molar-refractivity contribution in [2.24, 2.45) is 11.0 Å². The van der Waals surface area contributed by atoms with E-state index in [9.17, 15) is 4.79 Å². The number of nitrogens with one attached hydrogen (secondary N) is 1. The van der Waals surface area contributed by atoms with Gasteiger partial charge in [0.05, 0.1) is 0 Å². The Morgan fingerprint density at radius 1 is 1.60 bits per heavy atom. The maximum absolute atomic E-state index is 10.3. The van der Waals surface area contributed by atoms with E-state index in [-0.39, 0.29) is 6.04 Å². The van der Waals surface area contributed by atoms with Crippen LogP contribution in [-0.2, 0) is 4.79 Å². The van der Waals surface area contributed by atoms with Gasteiger partial charge in [-0.25, -0.2) is 0 Å². The minimum Gasteiger partial charge on any atom is -0.301 e. The molecule has 0 spiro atoms. The van der Waals surface area contributed by atoms with E-state index in [2.05, 4.69) is 10.5 Å². The summed E-state index contributed by atoms with van der Waals surface area (Å²) in [6.07, 6.45) is 4.31. The number of carbonyl (C=O) groups excluding carboxylic acids is 1. The second-order valence-electron chi connectivity index (χ2n) is 2.95. The fraction of sp³-hybridized carbons (Fsp3) is 0.714. The molecule has 2 rings (SSSR count). The van der Waals surface area contributed by atoms with Crippen LogP contribution in [0.3, 0.4) is 0 Å². The smallest absolute Gasteiger partial charge is 0.144 e. The van der Waals surface area contributed by atoms with Crippen LogP contribution in [0.25, 0.3) is 0 Å². The molecule has 1 fully saturated rings. The number of hydrogen-bond acceptors (Lipinski definition) is 3. The average molecular weight is 138 g/mol. The summed E-state index contributed by atoms with van der Waals surface area (Å²) in [5.74, 6) is 0.706. The highest BCUT2D eigenvalue weighted by molar-refractivity contribution is 5.92. The zero-order valence-electron chi connectivity index (χ0n) is 5.71. The van der Waals surface area contributed by atoms with Gasteiger partial charge in [0.2, 0.25) is 0 Å². The SMILES string of the molecule is O=CC1CC(C2CC2)=NN1. The van der Waals surface area contributed by atoms with Crippen molar-refractivity contribution in [1.29, 1.82) is 0 Å². The predicted molar refractivity (Wildman–Crippen MR) is 37.8 cm³/mol. The van der Waals surface area contributed by atoms with Crippen molar-refractivity contribution in [3.05, 3.63) is 0 Å². The quantitative estimate of drug-likeness (QED) is 0.558. The fourth-order valence-corrected chi connectivity index (χ4v) is 1.24. The van der Waals surface area contributed by atoms with Crippen LogP contribution in [0.4, 0.5) is 0 Å². The number of aldehydes is 1. The molecule has 1 N–H and O–H groups in total. The lowest BCUT2D eigenvalue weighted by atomic mass is 10.1. The van der Waals surface area contributed by atoms with Gasteiger partial charge in [0.1, 0.15) is 12.3 Å². The Labute approximate surface area is 59.5 Å². The summed E-state index contributed by atoms with van der Waals surface area (Å²) in [6.45, 7) is 0. The van der Waals surface area contributed by atoms with Crippen molar-refractivity contribution >= 4 is 12.0 Å². The molecule has 0 bridgehead atoms. The van der Waals surface area contributed by atoms with Gasteiger partial charge in [-0.2, -0.15) is 5.10 Å². The molecule has 0 radical (unpaired) electrons. The first kappa shape index (κ1) is 5.89. The lowest BCUT2D eigenvalue weighted by Gasteiger charge is -1.95. The van der Waals surface area contributed by atoms with Crippen LogP contribution in [0.2, 0.25) is 0 Å². The number of hydrazone groups is 1. The second-order valence-corrected chi connectivity index (χ2v) is 2.95. The summed E-state index contributed by atoms with van der Waals surface area (Å²) in [6, 6.07) is -0.0319. The van der Waals surface area contributed by atoms with Crippen molar-refractivity contribution in [1.82, 2.24) is 5.43 Å². The molecule has 1 atom stereocenters. The summed E-state index contributed by atoms with van der Waals surface area (Å²) in [4.78, 5) is 10.3. The van der Waals surface area contributed by atoms with Crippen LogP contribution < -0.4 is 5.43 Å². The maximum atomic E-state index is 10.3. The third kappa shape index (κ3) is 0.916. The van der Waals surface area contributed by atoms with Crippen LogP contribution in [-0.4, -0.2) is 18.0 Å². The molecule has 1 aliphatic carbocycles. The van der Waals surface area contributed by atoms with Crippen LogP contribution in [0, 0.1) is 5.92 Å². The lowest BCUT2D eigenvalue weighted by molar-refractivity contribution is -0.109. The zero-order chi connectivity index (χ0) is 6.97. The van der Waals surface area contributed by atoms with Crippen molar-refractivity contribution in [3.8, 4) is 0 Å². The van der Waals surface area contributed by atoms with E-state index in [0.717, 1.165) is 12.7 Å². The number of nitrogens with zero attached hydrogens (tertiary/aromatic N) is 1. The van der Waals surface area contributed by atoms with Crippen molar-refractivity contribution < 1.29 is 4.79 Å². The van der Waals surface area contributed by atoms with E-state index in [4.69, 9.17) is 0 Å². The number of carbonyl (C=O) groups is 1. The Morgan fingerprint density at radius 3 is 2.90 bits per heavy atom. The van der Waals surface area contributed by atoms with Crippen LogP contribution >= 0.6 is 0 Å². The van der Waals surface area contributed by atoms with E-state index in [1.165, 1.54) is 18.6 Å². The molecule has 0 aromatic heterocycles. The van der Waals surface area contributed by atoms with Crippen molar-refractivity contribution in [2.45, 2.75) is 25.3 Å². The molecule has 3 heteroatoms. The molecule has 10 heavy (non-hydrogen) atoms. The summed E-state index contributed by atoms with van der Waals surface area (Å²) < 4.78 is 0. The Hall–Kier alpha value is -0.860. The number of rotatable bonds is 2. The highest BCUT2D eigenvalue weighted by Gasteiger charge is 2.31. The normalized spacial score (nSPS) is 31.2. The zero-order valence-corrected chi connectivity index (χ0v) is 5.71. The molecular weight excluding hydrogens is 128 g/mol. The molecule has 0 amide bonds. The number of hydrogen-bond donors (Lipinski definition) is 1. The van der Waals surface area contributed by atoms with Crippen LogP contribution in [0.15, 0.2) is 5.10 Å². The van der Waals surface area contributed by atoms with Crippen LogP contribution in [0.5, 0.6) is 0 Å². The Morgan fingerprint density at radius 2 is 2.40 bits per heavy atom. The second kappa shape index (κ2) is 2.08. The van der Waals surface area contributed by atoms with Gasteiger partial charge >= 0.3 is 0 Å². The van der Waals surface area contributed by atoms with E-state index < -0.39 is 0 Å². The van der Waals surface area contributed by atoms with E-state index >= 15 is 0 Å². The summed E-state index contributed by atoms with van der Waals surface area (Å²) in [5.41, 5.74) is 4.00. The lowest BCUT2D eigenvalue weighted by Crippen LogP contribution is -2.20. The van der Waals surface area contributed by atoms with Gasteiger partial charge in [0, 0.05) is 12.1 Å². The van der Waals surface area contributed by atoms with E-state index in [1.54, 1.807) is 0 Å². The molecule has 0 aromatic rings. The first-order valence-corrected chi connectivity index (χ1v) is 3.67. The largest absolute Gasteiger partial charge is 0.301 e. The highest BCUT2D eigenvalue weighted by Crippen LogP contribution is 2.33. The van der Waals surface area contributed by atoms with Gasteiger partial charge in [0.15, 0.2) is 0 Å². The van der Waals surface area contributed by atoms with Crippen LogP contribution in [0.1, 0.15) is 19.3 Å². The Kier molecular flexibility index (Phi) is 1.22. The molecule has 2 aliphatic rings. The summed E-state index contributed by atoms with van der Waals surface area (Å²) >= 11 is 0. The maximum Gasteiger partial charge on any atom is 0.144 e. The van der Waals surface area contributed by atoms with E-state index in [1.807, 2.05) is 0 Å². The predicted octanol–water partition coefficient (Wildman–Crippen LogP) is 0.313. The highest BCUT2D eigenvalue weighted by atomic mass is 16.1. The first-order valence-electron chi connectivity index (χ1n) is 3.67. The monoisotopic (exact) mass is 138 g/mol. The molecule has 0 aromatic carbocycles. The molecule has 1 saturated carbocycles. The Balaban J connectivity index is 1.94. The molecule has 3 nitrogen and oxygen atoms in total. The van der Waals surface area contributed by atoms with Gasteiger partial charge in [-0.3, -0.25) is 5.43 Å². The fourth-order valence-electron chi connectivity index (χ4n) is 1.24. The first-order chi connectivity index (χ1) is 4.90. The van der Waals surface area contributed by atoms with Gasteiger partial charge in [-0.1, -0.05) is 0 Å². The van der Waals surface area contributed by atoms with Gasteiger partial charge < -0.3 is 4.79 Å². The van der Waals surface area contributed by atoms with Gasteiger partial charge in [0.25, 0.3) is 0 Å². The molecule has 0 saturated heterocycles. The molecule has 1 heterocycles. The molecular formula is C7H10N2O. The standard InChI is InChI=1S/C7H10N2O/c10-4-6-3-7(9-8-6)5-1-2-5/h4-6,8H,1-3H2. The minimum atomic E-state index is -0.0319. The molecule has 54 valence electrons. The van der Waals surface area contributed by atoms with Gasteiger partial charge in [-0.15, -0.1) is 0 Å². The van der Waals surface area contributed by atoms with Gasteiger partial charge in [-0.05, 0) is 18.8 Å². The van der Waals surface area contributed by atoms with Crippen molar-refractivity contribution in [2.75, 3.05) is 0 Å². The third-order valence-corrected chi connectivity index (χ3v) is 2.02.